The Morgan fingerprint density at radius 2 is 1.88 bits per heavy atom. The van der Waals surface area contributed by atoms with Crippen molar-refractivity contribution in [3.63, 3.8) is 0 Å². The summed E-state index contributed by atoms with van der Waals surface area (Å²) in [5, 5.41) is 10.0. The lowest BCUT2D eigenvalue weighted by atomic mass is 9.92. The number of nitrogens with two attached hydrogens (primary N) is 1. The van der Waals surface area contributed by atoms with Gasteiger partial charge in [-0.2, -0.15) is 5.10 Å². The van der Waals surface area contributed by atoms with Crippen molar-refractivity contribution in [1.82, 2.24) is 15.1 Å². The van der Waals surface area contributed by atoms with Crippen LogP contribution in [0.5, 0.6) is 0 Å². The van der Waals surface area contributed by atoms with E-state index in [1.165, 1.54) is 0 Å². The topological polar surface area (TPSA) is 102 Å². The Labute approximate surface area is 154 Å². The fourth-order valence-corrected chi connectivity index (χ4v) is 2.42. The molecule has 0 fully saturated rings. The average Bonchev–Trinajstić information content (AvgIpc) is 2.96. The van der Waals surface area contributed by atoms with Gasteiger partial charge in [0.2, 0.25) is 0 Å². The van der Waals surface area contributed by atoms with E-state index in [2.05, 4.69) is 15.7 Å². The predicted molar refractivity (Wildman–Crippen MR) is 102 cm³/mol. The molecule has 1 aromatic heterocycles. The van der Waals surface area contributed by atoms with Crippen LogP contribution in [0.4, 0.5) is 5.69 Å². The molecule has 0 unspecified atom stereocenters. The van der Waals surface area contributed by atoms with Crippen LogP contribution < -0.4 is 16.4 Å². The largest absolute Gasteiger partial charge is 0.351 e. The second-order valence-corrected chi connectivity index (χ2v) is 7.32. The first-order valence-corrected chi connectivity index (χ1v) is 8.58. The van der Waals surface area contributed by atoms with Gasteiger partial charge in [-0.15, -0.1) is 0 Å². The van der Waals surface area contributed by atoms with E-state index < -0.39 is 0 Å². The van der Waals surface area contributed by atoms with Crippen molar-refractivity contribution in [2.24, 2.45) is 12.8 Å². The highest BCUT2D eigenvalue weighted by atomic mass is 16.2. The lowest BCUT2D eigenvalue weighted by molar-refractivity contribution is 0.0953. The van der Waals surface area contributed by atoms with Crippen molar-refractivity contribution in [1.29, 1.82) is 0 Å². The SMILES string of the molecule is Cc1ccc(C(=O)NCCN)cc1NC(=O)c1cc(C(C)(C)C)nn1C. The van der Waals surface area contributed by atoms with Crippen LogP contribution in [-0.4, -0.2) is 34.7 Å². The number of amides is 2. The number of hydrogen-bond acceptors (Lipinski definition) is 4. The number of aryl methyl sites for hydroxylation is 2. The molecule has 4 N–H and O–H groups in total. The van der Waals surface area contributed by atoms with Gasteiger partial charge in [-0.05, 0) is 30.7 Å². The first-order valence-electron chi connectivity index (χ1n) is 8.58. The minimum Gasteiger partial charge on any atom is -0.351 e. The van der Waals surface area contributed by atoms with E-state index in [4.69, 9.17) is 5.73 Å². The second kappa shape index (κ2) is 7.70. The maximum atomic E-state index is 12.7. The maximum Gasteiger partial charge on any atom is 0.273 e. The highest BCUT2D eigenvalue weighted by Crippen LogP contribution is 2.23. The van der Waals surface area contributed by atoms with Crippen molar-refractivity contribution >= 4 is 17.5 Å². The van der Waals surface area contributed by atoms with Gasteiger partial charge in [0.25, 0.3) is 11.8 Å². The normalized spacial score (nSPS) is 11.3. The molecule has 0 radical (unpaired) electrons. The van der Waals surface area contributed by atoms with Crippen molar-refractivity contribution in [3.8, 4) is 0 Å². The standard InChI is InChI=1S/C19H27N5O2/c1-12-6-7-13(17(25)21-9-8-20)10-14(12)22-18(26)15-11-16(19(2,3)4)23-24(15)5/h6-7,10-11H,8-9,20H2,1-5H3,(H,21,25)(H,22,26). The summed E-state index contributed by atoms with van der Waals surface area (Å²) in [4.78, 5) is 24.8. The molecular weight excluding hydrogens is 330 g/mol. The molecule has 0 spiro atoms. The van der Waals surface area contributed by atoms with Gasteiger partial charge in [0.15, 0.2) is 0 Å². The third-order valence-electron chi connectivity index (χ3n) is 4.06. The molecule has 0 bridgehead atoms. The van der Waals surface area contributed by atoms with E-state index in [0.717, 1.165) is 11.3 Å². The molecule has 0 aliphatic carbocycles. The Balaban J connectivity index is 2.24. The summed E-state index contributed by atoms with van der Waals surface area (Å²) in [5.41, 5.74) is 8.50. The lowest BCUT2D eigenvalue weighted by Crippen LogP contribution is -2.29. The van der Waals surface area contributed by atoms with E-state index in [-0.39, 0.29) is 17.2 Å². The number of aromatic nitrogens is 2. The molecule has 0 aliphatic heterocycles. The van der Waals surface area contributed by atoms with Gasteiger partial charge in [-0.3, -0.25) is 14.3 Å². The molecule has 2 rings (SSSR count). The number of carbonyl (C=O) groups excluding carboxylic acids is 2. The number of hydrogen-bond donors (Lipinski definition) is 3. The van der Waals surface area contributed by atoms with E-state index in [9.17, 15) is 9.59 Å². The minimum absolute atomic E-state index is 0.146. The molecule has 0 aliphatic rings. The van der Waals surface area contributed by atoms with Gasteiger partial charge in [0.05, 0.1) is 5.69 Å². The monoisotopic (exact) mass is 357 g/mol. The summed E-state index contributed by atoms with van der Waals surface area (Å²) in [6, 6.07) is 6.98. The second-order valence-electron chi connectivity index (χ2n) is 7.32. The lowest BCUT2D eigenvalue weighted by Gasteiger charge is -2.13. The molecule has 0 saturated heterocycles. The molecule has 140 valence electrons. The van der Waals surface area contributed by atoms with Crippen LogP contribution in [0.25, 0.3) is 0 Å². The number of nitrogens with one attached hydrogen (secondary N) is 2. The van der Waals surface area contributed by atoms with Crippen LogP contribution in [-0.2, 0) is 12.5 Å². The fraction of sp³-hybridized carbons (Fsp3) is 0.421. The summed E-state index contributed by atoms with van der Waals surface area (Å²) in [7, 11) is 1.74. The number of carbonyl (C=O) groups is 2. The van der Waals surface area contributed by atoms with Crippen molar-refractivity contribution in [2.45, 2.75) is 33.1 Å². The van der Waals surface area contributed by atoms with Crippen molar-refractivity contribution in [3.05, 3.63) is 46.8 Å². The number of anilines is 1. The van der Waals surface area contributed by atoms with Gasteiger partial charge < -0.3 is 16.4 Å². The summed E-state index contributed by atoms with van der Waals surface area (Å²) in [6.45, 7) is 8.79. The fourth-order valence-electron chi connectivity index (χ4n) is 2.42. The van der Waals surface area contributed by atoms with Crippen LogP contribution in [0.15, 0.2) is 24.3 Å². The minimum atomic E-state index is -0.266. The van der Waals surface area contributed by atoms with Crippen LogP contribution >= 0.6 is 0 Å². The maximum absolute atomic E-state index is 12.7. The van der Waals surface area contributed by atoms with Crippen LogP contribution in [0.2, 0.25) is 0 Å². The number of nitrogens with zero attached hydrogens (tertiary/aromatic N) is 2. The van der Waals surface area contributed by atoms with Crippen molar-refractivity contribution in [2.75, 3.05) is 18.4 Å². The zero-order valence-corrected chi connectivity index (χ0v) is 16.0. The molecule has 2 aromatic rings. The molecule has 1 aromatic carbocycles. The zero-order chi connectivity index (χ0) is 19.5. The molecule has 2 amide bonds. The molecule has 0 atom stereocenters. The van der Waals surface area contributed by atoms with Crippen LogP contribution in [0.3, 0.4) is 0 Å². The Bertz CT molecular complexity index is 818. The van der Waals surface area contributed by atoms with Crippen LogP contribution in [0.1, 0.15) is 52.9 Å². The molecule has 26 heavy (non-hydrogen) atoms. The van der Waals surface area contributed by atoms with Gasteiger partial charge >= 0.3 is 0 Å². The Morgan fingerprint density at radius 1 is 1.19 bits per heavy atom. The molecule has 7 heteroatoms. The molecule has 1 heterocycles. The summed E-state index contributed by atoms with van der Waals surface area (Å²) in [6.07, 6.45) is 0. The first-order chi connectivity index (χ1) is 12.1. The smallest absolute Gasteiger partial charge is 0.273 e. The van der Waals surface area contributed by atoms with E-state index in [0.29, 0.717) is 30.0 Å². The highest BCUT2D eigenvalue weighted by molar-refractivity contribution is 6.04. The summed E-state index contributed by atoms with van der Waals surface area (Å²) >= 11 is 0. The van der Waals surface area contributed by atoms with Gasteiger partial charge in [0, 0.05) is 36.8 Å². The van der Waals surface area contributed by atoms with Crippen LogP contribution in [0, 0.1) is 6.92 Å². The quantitative estimate of drug-likeness (QED) is 0.761. The number of benzene rings is 1. The third-order valence-corrected chi connectivity index (χ3v) is 4.06. The molecular formula is C19H27N5O2. The van der Waals surface area contributed by atoms with Gasteiger partial charge in [-0.1, -0.05) is 26.8 Å². The first kappa shape index (κ1) is 19.7. The predicted octanol–water partition coefficient (Wildman–Crippen LogP) is 1.97. The van der Waals surface area contributed by atoms with Crippen molar-refractivity contribution < 1.29 is 9.59 Å². The Hall–Kier alpha value is -2.67. The van der Waals surface area contributed by atoms with E-state index in [1.54, 1.807) is 36.0 Å². The molecule has 0 saturated carbocycles. The Kier molecular flexibility index (Phi) is 5.82. The zero-order valence-electron chi connectivity index (χ0n) is 16.0. The highest BCUT2D eigenvalue weighted by Gasteiger charge is 2.22. The third kappa shape index (κ3) is 4.49. The average molecular weight is 357 g/mol. The summed E-state index contributed by atoms with van der Waals surface area (Å²) in [5.74, 6) is -0.486. The Morgan fingerprint density at radius 3 is 2.46 bits per heavy atom. The van der Waals surface area contributed by atoms with E-state index in [1.807, 2.05) is 27.7 Å². The number of rotatable bonds is 5. The van der Waals surface area contributed by atoms with E-state index >= 15 is 0 Å². The molecule has 7 nitrogen and oxygen atoms in total. The summed E-state index contributed by atoms with van der Waals surface area (Å²) < 4.78 is 1.57. The van der Waals surface area contributed by atoms with Gasteiger partial charge in [-0.25, -0.2) is 0 Å². The van der Waals surface area contributed by atoms with Gasteiger partial charge in [0.1, 0.15) is 5.69 Å².